The standard InChI is InChI=1S/C16H17NO5S2/c1-2-7-22-11-4-3-10(12(18)9-11)8-13-15(21)17(16(23)24-13)6-5-14(19)20/h3-4,8-9,18H,2,5-7H2,1H3,(H,19,20)/p-1/b13-8-. The van der Waals surface area contributed by atoms with Gasteiger partial charge in [0.05, 0.1) is 11.5 Å². The Hall–Kier alpha value is -2.06. The van der Waals surface area contributed by atoms with E-state index in [9.17, 15) is 19.8 Å². The summed E-state index contributed by atoms with van der Waals surface area (Å²) in [5.74, 6) is -1.08. The fourth-order valence-electron chi connectivity index (χ4n) is 1.99. The molecule has 1 aromatic rings. The van der Waals surface area contributed by atoms with Crippen LogP contribution in [0.25, 0.3) is 6.08 Å². The molecule has 0 bridgehead atoms. The van der Waals surface area contributed by atoms with E-state index < -0.39 is 5.97 Å². The first-order valence-electron chi connectivity index (χ1n) is 7.33. The van der Waals surface area contributed by atoms with Gasteiger partial charge in [-0.3, -0.25) is 9.69 Å². The number of rotatable bonds is 7. The molecule has 0 atom stereocenters. The number of ether oxygens (including phenoxy) is 1. The number of carboxylic acid groups (broad SMARTS) is 1. The minimum atomic E-state index is -1.24. The van der Waals surface area contributed by atoms with Crippen LogP contribution >= 0.6 is 24.0 Å². The van der Waals surface area contributed by atoms with E-state index in [1.807, 2.05) is 6.92 Å². The van der Waals surface area contributed by atoms with Crippen LogP contribution < -0.4 is 9.84 Å². The zero-order valence-electron chi connectivity index (χ0n) is 13.0. The monoisotopic (exact) mass is 366 g/mol. The number of aromatic hydroxyl groups is 1. The van der Waals surface area contributed by atoms with E-state index in [4.69, 9.17) is 17.0 Å². The van der Waals surface area contributed by atoms with Gasteiger partial charge in [0.2, 0.25) is 0 Å². The predicted octanol–water partition coefficient (Wildman–Crippen LogP) is 1.52. The molecule has 1 aliphatic heterocycles. The maximum absolute atomic E-state index is 12.3. The number of aliphatic carboxylic acids is 1. The lowest BCUT2D eigenvalue weighted by atomic mass is 10.1. The van der Waals surface area contributed by atoms with Crippen molar-refractivity contribution in [3.8, 4) is 11.5 Å². The van der Waals surface area contributed by atoms with Crippen molar-refractivity contribution in [3.05, 3.63) is 28.7 Å². The van der Waals surface area contributed by atoms with Crippen LogP contribution in [0, 0.1) is 0 Å². The van der Waals surface area contributed by atoms with Crippen molar-refractivity contribution >= 4 is 46.3 Å². The zero-order chi connectivity index (χ0) is 17.7. The van der Waals surface area contributed by atoms with Gasteiger partial charge in [-0.25, -0.2) is 0 Å². The Bertz CT molecular complexity index is 702. The van der Waals surface area contributed by atoms with Crippen LogP contribution in [0.4, 0.5) is 0 Å². The van der Waals surface area contributed by atoms with Gasteiger partial charge in [-0.15, -0.1) is 0 Å². The third kappa shape index (κ3) is 4.48. The molecule has 8 heteroatoms. The lowest BCUT2D eigenvalue weighted by molar-refractivity contribution is -0.305. The van der Waals surface area contributed by atoms with E-state index in [0.29, 0.717) is 22.8 Å². The van der Waals surface area contributed by atoms with Gasteiger partial charge in [-0.05, 0) is 24.6 Å². The number of nitrogens with zero attached hydrogens (tertiary/aromatic N) is 1. The van der Waals surface area contributed by atoms with E-state index >= 15 is 0 Å². The first kappa shape index (κ1) is 18.3. The number of amides is 1. The van der Waals surface area contributed by atoms with Gasteiger partial charge >= 0.3 is 0 Å². The molecule has 6 nitrogen and oxygen atoms in total. The van der Waals surface area contributed by atoms with Gasteiger partial charge in [0.15, 0.2) is 0 Å². The van der Waals surface area contributed by atoms with Crippen LogP contribution in [0.1, 0.15) is 25.3 Å². The topological polar surface area (TPSA) is 89.9 Å². The maximum Gasteiger partial charge on any atom is 0.266 e. The Morgan fingerprint density at radius 1 is 1.50 bits per heavy atom. The number of carbonyl (C=O) groups is 2. The van der Waals surface area contributed by atoms with Crippen molar-refractivity contribution in [1.82, 2.24) is 4.90 Å². The van der Waals surface area contributed by atoms with Gasteiger partial charge in [-0.2, -0.15) is 0 Å². The summed E-state index contributed by atoms with van der Waals surface area (Å²) in [6.45, 7) is 2.51. The smallest absolute Gasteiger partial charge is 0.266 e. The number of carboxylic acids is 1. The van der Waals surface area contributed by atoms with Gasteiger partial charge in [0.25, 0.3) is 5.91 Å². The molecule has 1 heterocycles. The van der Waals surface area contributed by atoms with E-state index in [1.54, 1.807) is 12.1 Å². The number of benzene rings is 1. The van der Waals surface area contributed by atoms with Crippen LogP contribution in [0.2, 0.25) is 0 Å². The molecule has 0 radical (unpaired) electrons. The SMILES string of the molecule is CCCOc1ccc(/C=C2\SC(=S)N(CCC(=O)[O-])C2=O)c(O)c1. The summed E-state index contributed by atoms with van der Waals surface area (Å²) < 4.78 is 5.71. The average molecular weight is 366 g/mol. The molecule has 128 valence electrons. The molecule has 1 N–H and O–H groups in total. The predicted molar refractivity (Wildman–Crippen MR) is 93.4 cm³/mol. The average Bonchev–Trinajstić information content (AvgIpc) is 2.79. The second-order valence-corrected chi connectivity index (χ2v) is 6.70. The van der Waals surface area contributed by atoms with Crippen LogP contribution in [0.5, 0.6) is 11.5 Å². The number of thiocarbonyl (C=S) groups is 1. The number of carbonyl (C=O) groups excluding carboxylic acids is 2. The Morgan fingerprint density at radius 3 is 2.88 bits per heavy atom. The Kier molecular flexibility index (Phi) is 6.22. The minimum absolute atomic E-state index is 0.0105. The molecular weight excluding hydrogens is 350 g/mol. The van der Waals surface area contributed by atoms with Gasteiger partial charge in [-0.1, -0.05) is 30.9 Å². The maximum atomic E-state index is 12.3. The van der Waals surface area contributed by atoms with Crippen molar-refractivity contribution in [2.75, 3.05) is 13.2 Å². The van der Waals surface area contributed by atoms with E-state index in [-0.39, 0.29) is 28.9 Å². The normalized spacial score (nSPS) is 16.0. The third-order valence-electron chi connectivity index (χ3n) is 3.17. The molecule has 1 aliphatic rings. The number of hydrogen-bond acceptors (Lipinski definition) is 7. The van der Waals surface area contributed by atoms with Crippen molar-refractivity contribution in [3.63, 3.8) is 0 Å². The molecular formula is C16H16NO5S2-. The molecule has 1 saturated heterocycles. The summed E-state index contributed by atoms with van der Waals surface area (Å²) in [7, 11) is 0. The molecule has 1 aromatic carbocycles. The summed E-state index contributed by atoms with van der Waals surface area (Å²) >= 11 is 6.16. The molecule has 2 rings (SSSR count). The fourth-order valence-corrected chi connectivity index (χ4v) is 3.29. The highest BCUT2D eigenvalue weighted by atomic mass is 32.2. The molecule has 1 fully saturated rings. The van der Waals surface area contributed by atoms with Crippen molar-refractivity contribution < 1.29 is 24.5 Å². The van der Waals surface area contributed by atoms with Gasteiger partial charge in [0.1, 0.15) is 15.8 Å². The number of phenols is 1. The summed E-state index contributed by atoms with van der Waals surface area (Å²) in [6.07, 6.45) is 2.10. The van der Waals surface area contributed by atoms with E-state index in [1.165, 1.54) is 17.0 Å². The first-order valence-corrected chi connectivity index (χ1v) is 8.56. The summed E-state index contributed by atoms with van der Waals surface area (Å²) in [6, 6.07) is 4.84. The molecule has 0 unspecified atom stereocenters. The molecule has 0 aromatic heterocycles. The van der Waals surface area contributed by atoms with Gasteiger partial charge < -0.3 is 19.7 Å². The highest BCUT2D eigenvalue weighted by molar-refractivity contribution is 8.26. The summed E-state index contributed by atoms with van der Waals surface area (Å²) in [5.41, 5.74) is 0.458. The lowest BCUT2D eigenvalue weighted by Gasteiger charge is -2.14. The van der Waals surface area contributed by atoms with Crippen LogP contribution in [-0.4, -0.2) is 39.4 Å². The number of thioether (sulfide) groups is 1. The Morgan fingerprint density at radius 2 is 2.25 bits per heavy atom. The van der Waals surface area contributed by atoms with E-state index in [0.717, 1.165) is 18.2 Å². The van der Waals surface area contributed by atoms with E-state index in [2.05, 4.69) is 0 Å². The zero-order valence-corrected chi connectivity index (χ0v) is 14.6. The molecule has 0 spiro atoms. The Labute approximate surface area is 149 Å². The van der Waals surface area contributed by atoms with Crippen LogP contribution in [0.3, 0.4) is 0 Å². The number of phenolic OH excluding ortho intramolecular Hbond substituents is 1. The minimum Gasteiger partial charge on any atom is -0.550 e. The second kappa shape index (κ2) is 8.16. The van der Waals surface area contributed by atoms with Crippen molar-refractivity contribution in [1.29, 1.82) is 0 Å². The van der Waals surface area contributed by atoms with Crippen LogP contribution in [0.15, 0.2) is 23.1 Å². The fraction of sp³-hybridized carbons (Fsp3) is 0.312. The summed E-state index contributed by atoms with van der Waals surface area (Å²) in [5, 5.41) is 20.6. The van der Waals surface area contributed by atoms with Crippen molar-refractivity contribution in [2.24, 2.45) is 0 Å². The largest absolute Gasteiger partial charge is 0.550 e. The molecule has 24 heavy (non-hydrogen) atoms. The number of hydrogen-bond donors (Lipinski definition) is 1. The third-order valence-corrected chi connectivity index (χ3v) is 4.55. The van der Waals surface area contributed by atoms with Crippen LogP contribution in [-0.2, 0) is 9.59 Å². The summed E-state index contributed by atoms with van der Waals surface area (Å²) in [4.78, 5) is 24.4. The van der Waals surface area contributed by atoms with Gasteiger partial charge in [0, 0.05) is 30.6 Å². The lowest BCUT2D eigenvalue weighted by Crippen LogP contribution is -2.33. The highest BCUT2D eigenvalue weighted by Gasteiger charge is 2.31. The molecule has 1 amide bonds. The first-order chi connectivity index (χ1) is 11.4. The molecule has 0 aliphatic carbocycles. The van der Waals surface area contributed by atoms with Crippen molar-refractivity contribution in [2.45, 2.75) is 19.8 Å². The molecule has 0 saturated carbocycles. The second-order valence-electron chi connectivity index (χ2n) is 5.02. The Balaban J connectivity index is 2.15. The highest BCUT2D eigenvalue weighted by Crippen LogP contribution is 2.34. The quantitative estimate of drug-likeness (QED) is 0.578.